The van der Waals surface area contributed by atoms with Gasteiger partial charge in [-0.05, 0) is 62.6 Å². The lowest BCUT2D eigenvalue weighted by molar-refractivity contribution is 0.1000. The largest absolute Gasteiger partial charge is 0.365 e. The molecule has 1 aliphatic heterocycles. The van der Waals surface area contributed by atoms with Crippen LogP contribution in [0, 0.1) is 5.92 Å². The predicted octanol–water partition coefficient (Wildman–Crippen LogP) is 1.23. The van der Waals surface area contributed by atoms with E-state index in [1.165, 1.54) is 12.0 Å². The van der Waals surface area contributed by atoms with Gasteiger partial charge in [0, 0.05) is 18.8 Å². The number of piperidine rings is 1. The number of hydrogen-bond donors (Lipinski definition) is 2. The minimum Gasteiger partial charge on any atom is -0.365 e. The summed E-state index contributed by atoms with van der Waals surface area (Å²) in [6.07, 6.45) is 6.53. The van der Waals surface area contributed by atoms with Crippen molar-refractivity contribution in [3.63, 3.8) is 0 Å². The lowest BCUT2D eigenvalue weighted by Crippen LogP contribution is -2.38. The number of anilines is 1. The Labute approximate surface area is 125 Å². The Kier molecular flexibility index (Phi) is 4.10. The first-order valence-corrected chi connectivity index (χ1v) is 7.96. The van der Waals surface area contributed by atoms with E-state index < -0.39 is 0 Å². The van der Waals surface area contributed by atoms with Gasteiger partial charge < -0.3 is 16.4 Å². The highest BCUT2D eigenvalue weighted by Gasteiger charge is 2.26. The third kappa shape index (κ3) is 2.88. The summed E-state index contributed by atoms with van der Waals surface area (Å²) in [7, 11) is 0. The Bertz CT molecular complexity index is 541. The van der Waals surface area contributed by atoms with Gasteiger partial charge in [0.05, 0.1) is 5.56 Å². The van der Waals surface area contributed by atoms with E-state index in [9.17, 15) is 4.79 Å². The molecule has 1 aromatic heterocycles. The molecule has 0 aromatic carbocycles. The molecule has 3 rings (SSSR count). The summed E-state index contributed by atoms with van der Waals surface area (Å²) >= 11 is 0. The van der Waals surface area contributed by atoms with Crippen LogP contribution in [0.1, 0.15) is 47.3 Å². The highest BCUT2D eigenvalue weighted by atomic mass is 16.1. The number of pyridine rings is 1. The third-order valence-corrected chi connectivity index (χ3v) is 4.69. The molecule has 1 saturated heterocycles. The Morgan fingerprint density at radius 2 is 2.24 bits per heavy atom. The fourth-order valence-corrected chi connectivity index (χ4v) is 3.61. The maximum atomic E-state index is 11.8. The van der Waals surface area contributed by atoms with E-state index in [-0.39, 0.29) is 5.91 Å². The Hall–Kier alpha value is -1.62. The van der Waals surface area contributed by atoms with Crippen molar-refractivity contribution in [2.75, 3.05) is 24.5 Å². The molecule has 1 amide bonds. The summed E-state index contributed by atoms with van der Waals surface area (Å²) in [6, 6.07) is 1.97. The zero-order chi connectivity index (χ0) is 14.8. The smallest absolute Gasteiger partial charge is 0.252 e. The fourth-order valence-electron chi connectivity index (χ4n) is 3.61. The summed E-state index contributed by atoms with van der Waals surface area (Å²) < 4.78 is 0. The van der Waals surface area contributed by atoms with Crippen LogP contribution in [-0.2, 0) is 12.8 Å². The highest BCUT2D eigenvalue weighted by molar-refractivity contribution is 5.98. The lowest BCUT2D eigenvalue weighted by atomic mass is 9.94. The number of fused-ring (bicyclic) bond motifs is 1. The van der Waals surface area contributed by atoms with Crippen molar-refractivity contribution < 1.29 is 4.79 Å². The van der Waals surface area contributed by atoms with Gasteiger partial charge in [-0.1, -0.05) is 0 Å². The number of carbonyl (C=O) groups excluding carboxylic acids is 1. The standard InChI is InChI=1S/C16H24N4O/c17-7-6-11-3-2-8-20(10-11)16-13(15(18)21)9-12-4-1-5-14(12)19-16/h9,11H,1-8,10,17H2,(H2,18,21). The number of aryl methyl sites for hydroxylation is 2. The van der Waals surface area contributed by atoms with E-state index in [1.54, 1.807) is 0 Å². The number of nitrogens with zero attached hydrogens (tertiary/aromatic N) is 2. The molecule has 4 N–H and O–H groups in total. The number of hydrogen-bond acceptors (Lipinski definition) is 4. The molecule has 5 nitrogen and oxygen atoms in total. The molecule has 2 aliphatic rings. The van der Waals surface area contributed by atoms with Crippen molar-refractivity contribution in [1.29, 1.82) is 0 Å². The van der Waals surface area contributed by atoms with Crippen molar-refractivity contribution in [1.82, 2.24) is 4.98 Å². The zero-order valence-electron chi connectivity index (χ0n) is 12.5. The second-order valence-electron chi connectivity index (χ2n) is 6.21. The van der Waals surface area contributed by atoms with E-state index in [0.29, 0.717) is 11.5 Å². The highest BCUT2D eigenvalue weighted by Crippen LogP contribution is 2.30. The maximum absolute atomic E-state index is 11.8. The topological polar surface area (TPSA) is 85.2 Å². The molecule has 1 fully saturated rings. The maximum Gasteiger partial charge on any atom is 0.252 e. The van der Waals surface area contributed by atoms with E-state index >= 15 is 0 Å². The average molecular weight is 288 g/mol. The molecule has 1 aromatic rings. The van der Waals surface area contributed by atoms with Gasteiger partial charge in [0.15, 0.2) is 0 Å². The molecule has 0 radical (unpaired) electrons. The molecule has 0 bridgehead atoms. The molecule has 0 spiro atoms. The normalized spacial score (nSPS) is 21.4. The minimum atomic E-state index is -0.367. The van der Waals surface area contributed by atoms with Crippen LogP contribution in [0.2, 0.25) is 0 Å². The summed E-state index contributed by atoms with van der Waals surface area (Å²) in [5.74, 6) is 1.03. The van der Waals surface area contributed by atoms with Crippen LogP contribution >= 0.6 is 0 Å². The number of primary amides is 1. The molecule has 114 valence electrons. The Morgan fingerprint density at radius 3 is 3.00 bits per heavy atom. The van der Waals surface area contributed by atoms with E-state index in [1.807, 2.05) is 6.07 Å². The second-order valence-corrected chi connectivity index (χ2v) is 6.21. The summed E-state index contributed by atoms with van der Waals surface area (Å²) in [6.45, 7) is 2.61. The van der Waals surface area contributed by atoms with E-state index in [2.05, 4.69) is 4.90 Å². The molecule has 1 unspecified atom stereocenters. The summed E-state index contributed by atoms with van der Waals surface area (Å²) in [5, 5.41) is 0. The van der Waals surface area contributed by atoms with Crippen molar-refractivity contribution in [3.05, 3.63) is 22.9 Å². The summed E-state index contributed by atoms with van der Waals surface area (Å²) in [5.41, 5.74) is 14.2. The monoisotopic (exact) mass is 288 g/mol. The molecular formula is C16H24N4O. The number of aromatic nitrogens is 1. The lowest BCUT2D eigenvalue weighted by Gasteiger charge is -2.34. The van der Waals surface area contributed by atoms with Crippen molar-refractivity contribution in [3.8, 4) is 0 Å². The van der Waals surface area contributed by atoms with Crippen LogP contribution in [0.4, 0.5) is 5.82 Å². The molecule has 21 heavy (non-hydrogen) atoms. The first kappa shape index (κ1) is 14.3. The predicted molar refractivity (Wildman–Crippen MR) is 83.4 cm³/mol. The summed E-state index contributed by atoms with van der Waals surface area (Å²) in [4.78, 5) is 18.8. The fraction of sp³-hybridized carbons (Fsp3) is 0.625. The molecule has 1 atom stereocenters. The number of rotatable bonds is 4. The van der Waals surface area contributed by atoms with Gasteiger partial charge in [-0.3, -0.25) is 4.79 Å². The van der Waals surface area contributed by atoms with Crippen LogP contribution < -0.4 is 16.4 Å². The quantitative estimate of drug-likeness (QED) is 0.872. The Morgan fingerprint density at radius 1 is 1.38 bits per heavy atom. The number of carbonyl (C=O) groups is 1. The van der Waals surface area contributed by atoms with E-state index in [0.717, 1.165) is 63.3 Å². The first-order chi connectivity index (χ1) is 10.2. The van der Waals surface area contributed by atoms with Crippen LogP contribution in [0.25, 0.3) is 0 Å². The van der Waals surface area contributed by atoms with Gasteiger partial charge in [0.25, 0.3) is 5.91 Å². The van der Waals surface area contributed by atoms with Gasteiger partial charge in [0.1, 0.15) is 5.82 Å². The number of nitrogens with two attached hydrogens (primary N) is 2. The van der Waals surface area contributed by atoms with E-state index in [4.69, 9.17) is 16.5 Å². The van der Waals surface area contributed by atoms with Gasteiger partial charge in [-0.15, -0.1) is 0 Å². The average Bonchev–Trinajstić information content (AvgIpc) is 2.94. The SMILES string of the molecule is NCCC1CCCN(c2nc3c(cc2C(N)=O)CCC3)C1. The van der Waals surface area contributed by atoms with Gasteiger partial charge in [-0.2, -0.15) is 0 Å². The van der Waals surface area contributed by atoms with Crippen LogP contribution in [0.3, 0.4) is 0 Å². The third-order valence-electron chi connectivity index (χ3n) is 4.69. The van der Waals surface area contributed by atoms with Gasteiger partial charge >= 0.3 is 0 Å². The van der Waals surface area contributed by atoms with Crippen LogP contribution in [0.5, 0.6) is 0 Å². The van der Waals surface area contributed by atoms with Crippen molar-refractivity contribution in [2.45, 2.75) is 38.5 Å². The Balaban J connectivity index is 1.91. The number of amides is 1. The second kappa shape index (κ2) is 6.02. The van der Waals surface area contributed by atoms with Crippen molar-refractivity contribution in [2.24, 2.45) is 17.4 Å². The van der Waals surface area contributed by atoms with Crippen molar-refractivity contribution >= 4 is 11.7 Å². The minimum absolute atomic E-state index is 0.367. The zero-order valence-corrected chi connectivity index (χ0v) is 12.5. The molecule has 5 heteroatoms. The molecule has 1 aliphatic carbocycles. The van der Waals surface area contributed by atoms with Crippen LogP contribution in [0.15, 0.2) is 6.07 Å². The molecule has 2 heterocycles. The molecular weight excluding hydrogens is 264 g/mol. The first-order valence-electron chi connectivity index (χ1n) is 7.96. The molecule has 0 saturated carbocycles. The van der Waals surface area contributed by atoms with Gasteiger partial charge in [-0.25, -0.2) is 4.98 Å². The van der Waals surface area contributed by atoms with Crippen LogP contribution in [-0.4, -0.2) is 30.5 Å². The van der Waals surface area contributed by atoms with Gasteiger partial charge in [0.2, 0.25) is 0 Å².